The Balaban J connectivity index is 0.000000942. The van der Waals surface area contributed by atoms with E-state index in [0.29, 0.717) is 48.4 Å². The van der Waals surface area contributed by atoms with Gasteiger partial charge in [0.2, 0.25) is 11.8 Å². The molecule has 3 aromatic carbocycles. The number of hydrogen-bond acceptors (Lipinski definition) is 6. The lowest BCUT2D eigenvalue weighted by molar-refractivity contribution is -0.192. The van der Waals surface area contributed by atoms with Gasteiger partial charge in [0.05, 0.1) is 12.0 Å². The number of primary amides is 1. The number of para-hydroxylation sites is 1. The molecule has 0 radical (unpaired) electrons. The van der Waals surface area contributed by atoms with Crippen molar-refractivity contribution >= 4 is 46.8 Å². The summed E-state index contributed by atoms with van der Waals surface area (Å²) in [5.41, 5.74) is 14.5. The molecule has 0 aromatic heterocycles. The number of aryl methyl sites for hydroxylation is 1. The molecule has 0 unspecified atom stereocenters. The van der Waals surface area contributed by atoms with E-state index in [4.69, 9.17) is 21.4 Å². The van der Waals surface area contributed by atoms with Crippen LogP contribution in [0.4, 0.5) is 35.0 Å². The van der Waals surface area contributed by atoms with Gasteiger partial charge in [-0.2, -0.15) is 13.2 Å². The van der Waals surface area contributed by atoms with Crippen LogP contribution in [-0.4, -0.2) is 58.8 Å². The second-order valence-corrected chi connectivity index (χ2v) is 9.89. The fourth-order valence-corrected chi connectivity index (χ4v) is 4.11. The fourth-order valence-electron chi connectivity index (χ4n) is 4.11. The molecule has 0 bridgehead atoms. The van der Waals surface area contributed by atoms with Crippen molar-refractivity contribution in [1.29, 1.82) is 0 Å². The van der Waals surface area contributed by atoms with E-state index in [9.17, 15) is 37.5 Å². The van der Waals surface area contributed by atoms with Crippen LogP contribution in [0.25, 0.3) is 0 Å². The lowest BCUT2D eigenvalue weighted by Gasteiger charge is -2.30. The van der Waals surface area contributed by atoms with Crippen molar-refractivity contribution in [3.05, 3.63) is 89.5 Å². The summed E-state index contributed by atoms with van der Waals surface area (Å²) in [6, 6.07) is 18.6. The van der Waals surface area contributed by atoms with Crippen LogP contribution in [0.3, 0.4) is 0 Å². The minimum atomic E-state index is -5.08. The Morgan fingerprint density at radius 1 is 0.870 bits per heavy atom. The number of urea groups is 1. The van der Waals surface area contributed by atoms with Crippen LogP contribution in [0.1, 0.15) is 40.7 Å². The highest BCUT2D eigenvalue weighted by Gasteiger charge is 2.38. The van der Waals surface area contributed by atoms with Gasteiger partial charge in [-0.1, -0.05) is 30.3 Å². The van der Waals surface area contributed by atoms with Gasteiger partial charge in [0, 0.05) is 17.1 Å². The number of rotatable bonds is 12. The predicted molar refractivity (Wildman–Crippen MR) is 164 cm³/mol. The number of carbonyl (C=O) groups excluding carboxylic acids is 3. The number of amides is 4. The Kier molecular flexibility index (Phi) is 13.7. The standard InChI is InChI=1S/C29H33N5O5.C2HF3O2/c1-19-6-2-3-7-24(19)33-29(39)32-22-13-9-20(10-14-22)18-26(35)34(25(27(31)36)8-4-5-17-30)23-15-11-21(12-16-23)28(37)38;3-2(4,5)1(6)7/h2-3,6-7,9-16,25H,4-5,8,17-18,30H2,1H3,(H2,31,36)(H,37,38)(H2,32,33,39);(H,6,7)/t25-;/m0./s1. The van der Waals surface area contributed by atoms with Crippen molar-refractivity contribution < 1.29 is 47.4 Å². The number of carboxylic acid groups (broad SMARTS) is 2. The summed E-state index contributed by atoms with van der Waals surface area (Å²) in [5.74, 6) is -4.91. The number of benzene rings is 3. The number of hydrogen-bond donors (Lipinski definition) is 6. The van der Waals surface area contributed by atoms with Gasteiger partial charge in [0.1, 0.15) is 6.04 Å². The quantitative estimate of drug-likeness (QED) is 0.154. The lowest BCUT2D eigenvalue weighted by atomic mass is 10.0. The van der Waals surface area contributed by atoms with Crippen LogP contribution in [0.2, 0.25) is 0 Å². The van der Waals surface area contributed by atoms with E-state index in [1.807, 2.05) is 25.1 Å². The molecular weight excluding hydrogens is 611 g/mol. The molecule has 0 saturated carbocycles. The zero-order valence-corrected chi connectivity index (χ0v) is 24.7. The second-order valence-electron chi connectivity index (χ2n) is 9.89. The first-order valence-electron chi connectivity index (χ1n) is 13.8. The Morgan fingerprint density at radius 2 is 1.46 bits per heavy atom. The summed E-state index contributed by atoms with van der Waals surface area (Å²) in [5, 5.41) is 21.9. The number of unbranched alkanes of at least 4 members (excludes halogenated alkanes) is 1. The van der Waals surface area contributed by atoms with E-state index in [1.54, 1.807) is 30.3 Å². The minimum Gasteiger partial charge on any atom is -0.478 e. The molecule has 12 nitrogen and oxygen atoms in total. The highest BCUT2D eigenvalue weighted by molar-refractivity contribution is 6.02. The topological polar surface area (TPSA) is 205 Å². The summed E-state index contributed by atoms with van der Waals surface area (Å²) >= 11 is 0. The average molecular weight is 646 g/mol. The molecular formula is C31H34F3N5O7. The normalized spacial score (nSPS) is 11.3. The van der Waals surface area contributed by atoms with E-state index in [0.717, 1.165) is 5.56 Å². The van der Waals surface area contributed by atoms with Crippen LogP contribution < -0.4 is 27.0 Å². The number of carboxylic acids is 2. The third-order valence-corrected chi connectivity index (χ3v) is 6.44. The van der Waals surface area contributed by atoms with Crippen molar-refractivity contribution in [2.24, 2.45) is 11.5 Å². The van der Waals surface area contributed by atoms with Gasteiger partial charge >= 0.3 is 24.1 Å². The highest BCUT2D eigenvalue weighted by atomic mass is 19.4. The SMILES string of the molecule is Cc1ccccc1NC(=O)Nc1ccc(CC(=O)N(c2ccc(C(=O)O)cc2)[C@@H](CCCCN)C(N)=O)cc1.O=C(O)C(F)(F)F. The zero-order chi connectivity index (χ0) is 34.4. The van der Waals surface area contributed by atoms with Crippen molar-refractivity contribution in [2.45, 2.75) is 44.8 Å². The highest BCUT2D eigenvalue weighted by Crippen LogP contribution is 2.23. The van der Waals surface area contributed by atoms with E-state index < -0.39 is 36.1 Å². The Bertz CT molecular complexity index is 1510. The average Bonchev–Trinajstić information content (AvgIpc) is 2.99. The van der Waals surface area contributed by atoms with E-state index in [1.165, 1.54) is 29.2 Å². The molecule has 0 heterocycles. The van der Waals surface area contributed by atoms with E-state index in [-0.39, 0.29) is 17.9 Å². The van der Waals surface area contributed by atoms with Gasteiger partial charge in [0.15, 0.2) is 0 Å². The van der Waals surface area contributed by atoms with Crippen molar-refractivity contribution in [1.82, 2.24) is 0 Å². The van der Waals surface area contributed by atoms with Crippen LogP contribution in [0.5, 0.6) is 0 Å². The van der Waals surface area contributed by atoms with Gasteiger partial charge in [-0.3, -0.25) is 14.5 Å². The molecule has 15 heteroatoms. The first kappa shape index (κ1) is 36.8. The van der Waals surface area contributed by atoms with Crippen LogP contribution in [0.15, 0.2) is 72.8 Å². The molecule has 0 aliphatic heterocycles. The lowest BCUT2D eigenvalue weighted by Crippen LogP contribution is -2.49. The van der Waals surface area contributed by atoms with Crippen molar-refractivity contribution in [3.8, 4) is 0 Å². The number of carbonyl (C=O) groups is 5. The number of aromatic carboxylic acids is 1. The first-order chi connectivity index (χ1) is 21.6. The number of nitrogens with one attached hydrogen (secondary N) is 2. The third-order valence-electron chi connectivity index (χ3n) is 6.44. The molecule has 46 heavy (non-hydrogen) atoms. The largest absolute Gasteiger partial charge is 0.490 e. The molecule has 3 aromatic rings. The van der Waals surface area contributed by atoms with E-state index >= 15 is 0 Å². The number of halogens is 3. The molecule has 0 aliphatic carbocycles. The van der Waals surface area contributed by atoms with E-state index in [2.05, 4.69) is 10.6 Å². The molecule has 246 valence electrons. The summed E-state index contributed by atoms with van der Waals surface area (Å²) < 4.78 is 31.7. The van der Waals surface area contributed by atoms with Crippen LogP contribution in [-0.2, 0) is 20.8 Å². The van der Waals surface area contributed by atoms with Gasteiger partial charge < -0.3 is 32.3 Å². The Labute approximate surface area is 262 Å². The van der Waals surface area contributed by atoms with Gasteiger partial charge in [-0.15, -0.1) is 0 Å². The molecule has 0 fully saturated rings. The number of alkyl halides is 3. The fraction of sp³-hybridized carbons (Fsp3) is 0.258. The summed E-state index contributed by atoms with van der Waals surface area (Å²) in [7, 11) is 0. The number of nitrogens with zero attached hydrogens (tertiary/aromatic N) is 1. The second kappa shape index (κ2) is 17.2. The molecule has 8 N–H and O–H groups in total. The summed E-state index contributed by atoms with van der Waals surface area (Å²) in [4.78, 5) is 59.8. The van der Waals surface area contributed by atoms with Crippen LogP contribution in [0, 0.1) is 6.92 Å². The maximum Gasteiger partial charge on any atom is 0.490 e. The van der Waals surface area contributed by atoms with Crippen LogP contribution >= 0.6 is 0 Å². The monoisotopic (exact) mass is 645 g/mol. The molecule has 3 rings (SSSR count). The maximum atomic E-state index is 13.5. The first-order valence-corrected chi connectivity index (χ1v) is 13.8. The number of aliphatic carboxylic acids is 1. The van der Waals surface area contributed by atoms with Gasteiger partial charge in [-0.25, -0.2) is 14.4 Å². The van der Waals surface area contributed by atoms with Crippen molar-refractivity contribution in [3.63, 3.8) is 0 Å². The molecule has 0 saturated heterocycles. The van der Waals surface area contributed by atoms with Gasteiger partial charge in [-0.05, 0) is 86.3 Å². The predicted octanol–water partition coefficient (Wildman–Crippen LogP) is 4.53. The third kappa shape index (κ3) is 11.6. The Morgan fingerprint density at radius 3 is 1.96 bits per heavy atom. The molecule has 0 spiro atoms. The number of anilines is 3. The summed E-state index contributed by atoms with van der Waals surface area (Å²) in [6.45, 7) is 2.34. The molecule has 4 amide bonds. The molecule has 0 aliphatic rings. The number of nitrogens with two attached hydrogens (primary N) is 2. The van der Waals surface area contributed by atoms with Gasteiger partial charge in [0.25, 0.3) is 0 Å². The summed E-state index contributed by atoms with van der Waals surface area (Å²) in [6.07, 6.45) is -3.56. The Hall–Kier alpha value is -5.44. The molecule has 1 atom stereocenters. The van der Waals surface area contributed by atoms with Crippen molar-refractivity contribution in [2.75, 3.05) is 22.1 Å². The minimum absolute atomic E-state index is 0.0446. The maximum absolute atomic E-state index is 13.5. The zero-order valence-electron chi connectivity index (χ0n) is 24.7. The smallest absolute Gasteiger partial charge is 0.478 e.